The zero-order valence-corrected chi connectivity index (χ0v) is 12.0. The first kappa shape index (κ1) is 15.2. The van der Waals surface area contributed by atoms with Crippen molar-refractivity contribution in [1.82, 2.24) is 4.90 Å². The van der Waals surface area contributed by atoms with Crippen molar-refractivity contribution in [2.24, 2.45) is 0 Å². The fourth-order valence-corrected chi connectivity index (χ4v) is 2.41. The molecule has 7 nitrogen and oxygen atoms in total. The van der Waals surface area contributed by atoms with Crippen LogP contribution in [0.5, 0.6) is 5.75 Å². The van der Waals surface area contributed by atoms with E-state index in [1.54, 1.807) is 6.07 Å². The second-order valence-corrected chi connectivity index (χ2v) is 5.03. The lowest BCUT2D eigenvalue weighted by Crippen LogP contribution is -2.36. The summed E-state index contributed by atoms with van der Waals surface area (Å²) in [6.45, 7) is 2.07. The van der Waals surface area contributed by atoms with E-state index >= 15 is 0 Å². The second kappa shape index (κ2) is 7.03. The molecular formula is C14H19N3O4. The number of amides is 1. The van der Waals surface area contributed by atoms with E-state index in [2.05, 4.69) is 10.2 Å². The monoisotopic (exact) mass is 293 g/mol. The number of nitrogens with zero attached hydrogens (tertiary/aromatic N) is 2. The highest BCUT2D eigenvalue weighted by atomic mass is 16.6. The summed E-state index contributed by atoms with van der Waals surface area (Å²) >= 11 is 0. The molecule has 2 rings (SSSR count). The van der Waals surface area contributed by atoms with E-state index in [4.69, 9.17) is 4.74 Å². The number of methoxy groups -OCH3 is 1. The summed E-state index contributed by atoms with van der Waals surface area (Å²) in [7, 11) is 1.44. The summed E-state index contributed by atoms with van der Waals surface area (Å²) in [5.74, 6) is 0.154. The van der Waals surface area contributed by atoms with Crippen LogP contribution < -0.4 is 10.1 Å². The van der Waals surface area contributed by atoms with Crippen molar-refractivity contribution in [2.45, 2.75) is 19.3 Å². The van der Waals surface area contributed by atoms with Gasteiger partial charge in [0.2, 0.25) is 5.91 Å². The number of hydrogen-bond acceptors (Lipinski definition) is 5. The maximum Gasteiger partial charge on any atom is 0.296 e. The first-order valence-electron chi connectivity index (χ1n) is 6.95. The van der Waals surface area contributed by atoms with Gasteiger partial charge in [-0.15, -0.1) is 0 Å². The Morgan fingerprint density at radius 1 is 1.38 bits per heavy atom. The number of anilines is 1. The average molecular weight is 293 g/mol. The summed E-state index contributed by atoms with van der Waals surface area (Å²) < 4.78 is 4.96. The normalized spacial score (nSPS) is 15.5. The number of rotatable bonds is 5. The summed E-state index contributed by atoms with van der Waals surface area (Å²) in [5.41, 5.74) is 0.0316. The molecule has 1 amide bonds. The Morgan fingerprint density at radius 3 is 2.71 bits per heavy atom. The van der Waals surface area contributed by atoms with Crippen LogP contribution in [0.2, 0.25) is 0 Å². The molecule has 1 aromatic carbocycles. The summed E-state index contributed by atoms with van der Waals surface area (Å²) in [6, 6.07) is 4.38. The fraction of sp³-hybridized carbons (Fsp3) is 0.500. The van der Waals surface area contributed by atoms with Crippen molar-refractivity contribution in [3.05, 3.63) is 28.3 Å². The Morgan fingerprint density at radius 2 is 2.10 bits per heavy atom. The van der Waals surface area contributed by atoms with Gasteiger partial charge in [0.1, 0.15) is 11.4 Å². The van der Waals surface area contributed by atoms with E-state index in [1.807, 2.05) is 0 Å². The highest BCUT2D eigenvalue weighted by Gasteiger charge is 2.19. The number of benzene rings is 1. The Bertz CT molecular complexity index is 527. The van der Waals surface area contributed by atoms with Gasteiger partial charge >= 0.3 is 0 Å². The topological polar surface area (TPSA) is 84.7 Å². The number of carbonyl (C=O) groups excluding carboxylic acids is 1. The molecule has 0 atom stereocenters. The second-order valence-electron chi connectivity index (χ2n) is 5.03. The van der Waals surface area contributed by atoms with Crippen molar-refractivity contribution in [2.75, 3.05) is 32.1 Å². The number of nitrogens with one attached hydrogen (secondary N) is 1. The van der Waals surface area contributed by atoms with Crippen LogP contribution in [0.1, 0.15) is 19.3 Å². The van der Waals surface area contributed by atoms with Gasteiger partial charge in [-0.2, -0.15) is 0 Å². The first-order chi connectivity index (χ1) is 10.1. The molecule has 1 aliphatic rings. The van der Waals surface area contributed by atoms with Crippen LogP contribution in [0.15, 0.2) is 18.2 Å². The van der Waals surface area contributed by atoms with E-state index in [0.29, 0.717) is 5.75 Å². The fourth-order valence-electron chi connectivity index (χ4n) is 2.41. The lowest BCUT2D eigenvalue weighted by molar-refractivity contribution is -0.384. The van der Waals surface area contributed by atoms with Crippen molar-refractivity contribution in [3.8, 4) is 5.75 Å². The van der Waals surface area contributed by atoms with Crippen molar-refractivity contribution in [3.63, 3.8) is 0 Å². The number of likely N-dealkylation sites (tertiary alicyclic amines) is 1. The molecule has 0 unspecified atom stereocenters. The van der Waals surface area contributed by atoms with E-state index in [1.165, 1.54) is 25.7 Å². The minimum absolute atomic E-state index is 0.165. The molecule has 0 radical (unpaired) electrons. The van der Waals surface area contributed by atoms with Crippen LogP contribution in [-0.2, 0) is 4.79 Å². The lowest BCUT2D eigenvalue weighted by atomic mass is 10.1. The maximum absolute atomic E-state index is 12.0. The minimum atomic E-state index is -0.529. The average Bonchev–Trinajstić information content (AvgIpc) is 2.48. The molecule has 21 heavy (non-hydrogen) atoms. The molecule has 1 heterocycles. The molecule has 0 aromatic heterocycles. The number of carbonyl (C=O) groups is 1. The third-order valence-electron chi connectivity index (χ3n) is 3.49. The third-order valence-corrected chi connectivity index (χ3v) is 3.49. The molecule has 0 saturated carbocycles. The van der Waals surface area contributed by atoms with Gasteiger partial charge in [-0.1, -0.05) is 6.42 Å². The predicted molar refractivity (Wildman–Crippen MR) is 78.6 cm³/mol. The van der Waals surface area contributed by atoms with Gasteiger partial charge in [0.15, 0.2) is 0 Å². The molecule has 0 aliphatic carbocycles. The highest BCUT2D eigenvalue weighted by Crippen LogP contribution is 2.28. The Kier molecular flexibility index (Phi) is 5.10. The van der Waals surface area contributed by atoms with Gasteiger partial charge in [-0.25, -0.2) is 0 Å². The number of piperidine rings is 1. The molecule has 114 valence electrons. The molecule has 1 N–H and O–H groups in total. The maximum atomic E-state index is 12.0. The van der Waals surface area contributed by atoms with Crippen LogP contribution in [0.25, 0.3) is 0 Å². The zero-order valence-electron chi connectivity index (χ0n) is 12.0. The van der Waals surface area contributed by atoms with E-state index < -0.39 is 4.92 Å². The van der Waals surface area contributed by atoms with Crippen molar-refractivity contribution >= 4 is 17.3 Å². The van der Waals surface area contributed by atoms with Crippen LogP contribution in [0.3, 0.4) is 0 Å². The van der Waals surface area contributed by atoms with Gasteiger partial charge in [-0.05, 0) is 38.1 Å². The SMILES string of the molecule is COc1ccc(NC(=O)CN2CCCCC2)c([N+](=O)[O-])c1. The summed E-state index contributed by atoms with van der Waals surface area (Å²) in [4.78, 5) is 24.6. The summed E-state index contributed by atoms with van der Waals surface area (Å²) in [5, 5.41) is 13.7. The zero-order chi connectivity index (χ0) is 15.2. The number of nitro groups is 1. The van der Waals surface area contributed by atoms with Gasteiger partial charge < -0.3 is 10.1 Å². The van der Waals surface area contributed by atoms with E-state index in [-0.39, 0.29) is 23.8 Å². The number of nitro benzene ring substituents is 1. The van der Waals surface area contributed by atoms with Crippen LogP contribution >= 0.6 is 0 Å². The highest BCUT2D eigenvalue weighted by molar-refractivity contribution is 5.94. The largest absolute Gasteiger partial charge is 0.496 e. The van der Waals surface area contributed by atoms with Crippen molar-refractivity contribution in [1.29, 1.82) is 0 Å². The molecule has 0 spiro atoms. The smallest absolute Gasteiger partial charge is 0.296 e. The molecule has 1 saturated heterocycles. The molecule has 1 aromatic rings. The van der Waals surface area contributed by atoms with Gasteiger partial charge in [0.05, 0.1) is 24.6 Å². The molecule has 1 fully saturated rings. The Hall–Kier alpha value is -2.15. The quantitative estimate of drug-likeness (QED) is 0.663. The standard InChI is InChI=1S/C14H19N3O4/c1-21-11-5-6-12(13(9-11)17(19)20)15-14(18)10-16-7-3-2-4-8-16/h5-6,9H,2-4,7-8,10H2,1H3,(H,15,18). The Labute approximate surface area is 123 Å². The Balaban J connectivity index is 2.04. The van der Waals surface area contributed by atoms with Gasteiger partial charge in [0, 0.05) is 0 Å². The minimum Gasteiger partial charge on any atom is -0.496 e. The van der Waals surface area contributed by atoms with Gasteiger partial charge in [-0.3, -0.25) is 19.8 Å². The number of hydrogen-bond donors (Lipinski definition) is 1. The van der Waals surface area contributed by atoms with Crippen LogP contribution in [-0.4, -0.2) is 42.5 Å². The van der Waals surface area contributed by atoms with E-state index in [0.717, 1.165) is 25.9 Å². The van der Waals surface area contributed by atoms with Gasteiger partial charge in [0.25, 0.3) is 5.69 Å². The first-order valence-corrected chi connectivity index (χ1v) is 6.95. The summed E-state index contributed by atoms with van der Waals surface area (Å²) in [6.07, 6.45) is 3.38. The molecule has 7 heteroatoms. The predicted octanol–water partition coefficient (Wildman–Crippen LogP) is 2.03. The third kappa shape index (κ3) is 4.16. The molecule has 0 bridgehead atoms. The molecular weight excluding hydrogens is 274 g/mol. The van der Waals surface area contributed by atoms with Crippen molar-refractivity contribution < 1.29 is 14.5 Å². The van der Waals surface area contributed by atoms with Crippen LogP contribution in [0.4, 0.5) is 11.4 Å². The van der Waals surface area contributed by atoms with E-state index in [9.17, 15) is 14.9 Å². The lowest BCUT2D eigenvalue weighted by Gasteiger charge is -2.25. The number of ether oxygens (including phenoxy) is 1. The van der Waals surface area contributed by atoms with Crippen LogP contribution in [0, 0.1) is 10.1 Å². The molecule has 1 aliphatic heterocycles.